The topological polar surface area (TPSA) is 36.1 Å². The van der Waals surface area contributed by atoms with E-state index in [1.807, 2.05) is 0 Å². The van der Waals surface area contributed by atoms with Crippen LogP contribution in [0.5, 0.6) is 0 Å². The number of benzene rings is 1. The average molecular weight is 422 g/mol. The van der Waals surface area contributed by atoms with Crippen molar-refractivity contribution in [2.75, 3.05) is 15.9 Å². The van der Waals surface area contributed by atoms with Crippen LogP contribution in [0, 0.1) is 0 Å². The first-order valence-corrected chi connectivity index (χ1v) is 8.49. The van der Waals surface area contributed by atoms with Gasteiger partial charge in [-0.25, -0.2) is 0 Å². The molecule has 2 aromatic rings. The second-order valence-corrected chi connectivity index (χ2v) is 6.30. The highest BCUT2D eigenvalue weighted by Crippen LogP contribution is 2.36. The number of halogens is 4. The van der Waals surface area contributed by atoms with E-state index in [2.05, 4.69) is 32.5 Å². The maximum absolute atomic E-state index is 13.2. The molecule has 22 heavy (non-hydrogen) atoms. The number of alkyl halides is 4. The molecule has 1 N–H and O–H groups in total. The van der Waals surface area contributed by atoms with E-state index >= 15 is 0 Å². The predicted octanol–water partition coefficient (Wildman–Crippen LogP) is 3.95. The van der Waals surface area contributed by atoms with Gasteiger partial charge in [0.05, 0.1) is 5.56 Å². The van der Waals surface area contributed by atoms with Crippen LogP contribution in [0.25, 0.3) is 10.9 Å². The van der Waals surface area contributed by atoms with Gasteiger partial charge in [0.2, 0.25) is 5.56 Å². The molecule has 0 radical (unpaired) electrons. The second kappa shape index (κ2) is 5.75. The summed E-state index contributed by atoms with van der Waals surface area (Å²) in [6.07, 6.45) is -2.44. The zero-order valence-electron chi connectivity index (χ0n) is 11.6. The van der Waals surface area contributed by atoms with Crippen LogP contribution in [0.15, 0.2) is 29.1 Å². The fraction of sp³-hybridized carbons (Fsp3) is 0.400. The molecule has 3 rings (SSSR count). The summed E-state index contributed by atoms with van der Waals surface area (Å²) in [4.78, 5) is 16.0. The first kappa shape index (κ1) is 15.6. The molecular formula is C15H14F3IN2O. The molecule has 7 heteroatoms. The van der Waals surface area contributed by atoms with Gasteiger partial charge in [-0.15, -0.1) is 0 Å². The highest BCUT2D eigenvalue weighted by molar-refractivity contribution is 14.1. The lowest BCUT2D eigenvalue weighted by Crippen LogP contribution is -2.30. The fourth-order valence-electron chi connectivity index (χ4n) is 2.99. The number of pyridine rings is 1. The van der Waals surface area contributed by atoms with Gasteiger partial charge in [0.15, 0.2) is 0 Å². The Morgan fingerprint density at radius 3 is 2.77 bits per heavy atom. The standard InChI is InChI=1S/C15H14F3IN2O/c16-15(17,18)12-7-14(22)20-13-4-3-9(6-11(12)13)21-5-1-2-10(21)8-19/h3-4,6-7,10H,1-2,5,8H2,(H,20,22). The van der Waals surface area contributed by atoms with Crippen LogP contribution < -0.4 is 10.5 Å². The number of nitrogens with one attached hydrogen (secondary N) is 1. The van der Waals surface area contributed by atoms with Crippen LogP contribution in [0.4, 0.5) is 18.9 Å². The van der Waals surface area contributed by atoms with Gasteiger partial charge in [0, 0.05) is 39.7 Å². The lowest BCUT2D eigenvalue weighted by Gasteiger charge is -2.26. The average Bonchev–Trinajstić information content (AvgIpc) is 2.93. The number of hydrogen-bond acceptors (Lipinski definition) is 2. The molecule has 0 amide bonds. The molecule has 1 aromatic heterocycles. The lowest BCUT2D eigenvalue weighted by molar-refractivity contribution is -0.136. The van der Waals surface area contributed by atoms with Crippen LogP contribution in [0.3, 0.4) is 0 Å². The smallest absolute Gasteiger partial charge is 0.368 e. The molecule has 0 bridgehead atoms. The number of anilines is 1. The first-order valence-electron chi connectivity index (χ1n) is 6.97. The van der Waals surface area contributed by atoms with E-state index in [-0.39, 0.29) is 10.9 Å². The minimum Gasteiger partial charge on any atom is -0.368 e. The molecule has 1 unspecified atom stereocenters. The van der Waals surface area contributed by atoms with Crippen molar-refractivity contribution < 1.29 is 13.2 Å². The third kappa shape index (κ3) is 2.82. The van der Waals surface area contributed by atoms with E-state index in [1.54, 1.807) is 18.2 Å². The molecule has 0 aliphatic carbocycles. The Bertz CT molecular complexity index is 757. The number of rotatable bonds is 2. The Morgan fingerprint density at radius 2 is 2.09 bits per heavy atom. The largest absolute Gasteiger partial charge is 0.417 e. The number of H-pyrrole nitrogens is 1. The van der Waals surface area contributed by atoms with Crippen LogP contribution in [0.2, 0.25) is 0 Å². The predicted molar refractivity (Wildman–Crippen MR) is 88.8 cm³/mol. The number of fused-ring (bicyclic) bond motifs is 1. The molecule has 2 heterocycles. The van der Waals surface area contributed by atoms with E-state index in [1.165, 1.54) is 0 Å². The Balaban J connectivity index is 2.16. The summed E-state index contributed by atoms with van der Waals surface area (Å²) in [7, 11) is 0. The first-order chi connectivity index (χ1) is 10.4. The van der Waals surface area contributed by atoms with Gasteiger partial charge in [0.1, 0.15) is 0 Å². The van der Waals surface area contributed by atoms with Gasteiger partial charge in [-0.1, -0.05) is 22.6 Å². The van der Waals surface area contributed by atoms with Gasteiger partial charge >= 0.3 is 6.18 Å². The normalized spacial score (nSPS) is 19.1. The maximum Gasteiger partial charge on any atom is 0.417 e. The summed E-state index contributed by atoms with van der Waals surface area (Å²) in [5, 5.41) is 0.0451. The summed E-state index contributed by atoms with van der Waals surface area (Å²) >= 11 is 2.30. The van der Waals surface area contributed by atoms with Crippen LogP contribution >= 0.6 is 22.6 Å². The highest BCUT2D eigenvalue weighted by atomic mass is 127. The molecule has 1 aromatic carbocycles. The Hall–Kier alpha value is -1.25. The van der Waals surface area contributed by atoms with E-state index in [0.717, 1.165) is 29.5 Å². The summed E-state index contributed by atoms with van der Waals surface area (Å²) in [5.41, 5.74) is -0.616. The fourth-order valence-corrected chi connectivity index (χ4v) is 3.91. The minimum absolute atomic E-state index is 0.0451. The van der Waals surface area contributed by atoms with Crippen molar-refractivity contribution in [3.63, 3.8) is 0 Å². The Kier molecular flexibility index (Phi) is 4.09. The van der Waals surface area contributed by atoms with E-state index < -0.39 is 17.3 Å². The molecule has 1 atom stereocenters. The van der Waals surface area contributed by atoms with Gasteiger partial charge < -0.3 is 9.88 Å². The summed E-state index contributed by atoms with van der Waals surface area (Å²) < 4.78 is 40.5. The van der Waals surface area contributed by atoms with Crippen molar-refractivity contribution in [3.05, 3.63) is 40.2 Å². The summed E-state index contributed by atoms with van der Waals surface area (Å²) in [6.45, 7) is 0.851. The molecule has 0 spiro atoms. The van der Waals surface area contributed by atoms with Crippen molar-refractivity contribution in [1.29, 1.82) is 0 Å². The molecule has 1 aliphatic rings. The second-order valence-electron chi connectivity index (χ2n) is 5.42. The Morgan fingerprint density at radius 1 is 1.32 bits per heavy atom. The third-order valence-corrected chi connectivity index (χ3v) is 5.04. The van der Waals surface area contributed by atoms with Crippen LogP contribution in [0.1, 0.15) is 18.4 Å². The van der Waals surface area contributed by atoms with E-state index in [9.17, 15) is 18.0 Å². The summed E-state index contributed by atoms with van der Waals surface area (Å²) in [6, 6.07) is 5.87. The molecular weight excluding hydrogens is 408 g/mol. The maximum atomic E-state index is 13.2. The highest BCUT2D eigenvalue weighted by Gasteiger charge is 2.33. The number of nitrogens with zero attached hydrogens (tertiary/aromatic N) is 1. The van der Waals surface area contributed by atoms with Gasteiger partial charge in [0.25, 0.3) is 0 Å². The van der Waals surface area contributed by atoms with E-state index in [4.69, 9.17) is 0 Å². The van der Waals surface area contributed by atoms with Crippen LogP contribution in [-0.2, 0) is 6.18 Å². The van der Waals surface area contributed by atoms with Crippen molar-refractivity contribution in [1.82, 2.24) is 4.98 Å². The number of hydrogen-bond donors (Lipinski definition) is 1. The molecule has 3 nitrogen and oxygen atoms in total. The monoisotopic (exact) mass is 422 g/mol. The van der Waals surface area contributed by atoms with Gasteiger partial charge in [-0.05, 0) is 31.0 Å². The van der Waals surface area contributed by atoms with Gasteiger partial charge in [-0.2, -0.15) is 13.2 Å². The Labute approximate surface area is 138 Å². The SMILES string of the molecule is O=c1cc(C(F)(F)F)c2cc(N3CCCC3CI)ccc2[nH]1. The number of aromatic nitrogens is 1. The molecule has 1 aliphatic heterocycles. The molecule has 1 saturated heterocycles. The summed E-state index contributed by atoms with van der Waals surface area (Å²) in [5.74, 6) is 0. The quantitative estimate of drug-likeness (QED) is 0.588. The van der Waals surface area contributed by atoms with Gasteiger partial charge in [-0.3, -0.25) is 4.79 Å². The molecule has 118 valence electrons. The zero-order valence-corrected chi connectivity index (χ0v) is 13.7. The van der Waals surface area contributed by atoms with Crippen LogP contribution in [-0.4, -0.2) is 22.0 Å². The molecule has 0 saturated carbocycles. The van der Waals surface area contributed by atoms with Crippen molar-refractivity contribution >= 4 is 39.2 Å². The minimum atomic E-state index is -4.54. The van der Waals surface area contributed by atoms with Crippen molar-refractivity contribution in [3.8, 4) is 0 Å². The van der Waals surface area contributed by atoms with Crippen molar-refractivity contribution in [2.45, 2.75) is 25.1 Å². The molecule has 1 fully saturated rings. The third-order valence-electron chi connectivity index (χ3n) is 4.02. The number of aromatic amines is 1. The van der Waals surface area contributed by atoms with Crippen molar-refractivity contribution in [2.24, 2.45) is 0 Å². The lowest BCUT2D eigenvalue weighted by atomic mass is 10.1. The van der Waals surface area contributed by atoms with E-state index in [0.29, 0.717) is 12.1 Å². The zero-order chi connectivity index (χ0) is 15.9.